The maximum Gasteiger partial charge on any atom is 0.316 e. The summed E-state index contributed by atoms with van der Waals surface area (Å²) in [5, 5.41) is 0. The van der Waals surface area contributed by atoms with Crippen LogP contribution in [0.3, 0.4) is 0 Å². The van der Waals surface area contributed by atoms with E-state index in [2.05, 4.69) is 6.08 Å². The lowest BCUT2D eigenvalue weighted by molar-refractivity contribution is -0.150. The van der Waals surface area contributed by atoms with E-state index in [1.807, 2.05) is 19.9 Å². The molecule has 100 valence electrons. The molecular weight excluding hydrogens is 228 g/mol. The van der Waals surface area contributed by atoms with Crippen molar-refractivity contribution in [3.63, 3.8) is 0 Å². The summed E-state index contributed by atoms with van der Waals surface area (Å²) in [4.78, 5) is 23.4. The summed E-state index contributed by atoms with van der Waals surface area (Å²) < 4.78 is 5.08. The van der Waals surface area contributed by atoms with Crippen molar-refractivity contribution < 1.29 is 14.3 Å². The van der Waals surface area contributed by atoms with Crippen molar-refractivity contribution in [1.29, 1.82) is 0 Å². The number of hydrogen-bond donors (Lipinski definition) is 0. The number of allylic oxidation sites excluding steroid dienone is 3. The van der Waals surface area contributed by atoms with Crippen molar-refractivity contribution in [3.8, 4) is 0 Å². The van der Waals surface area contributed by atoms with Crippen molar-refractivity contribution in [1.82, 2.24) is 0 Å². The molecule has 1 atom stereocenters. The third-order valence-electron chi connectivity index (χ3n) is 3.29. The average molecular weight is 250 g/mol. The van der Waals surface area contributed by atoms with Gasteiger partial charge in [0.05, 0.1) is 0 Å². The van der Waals surface area contributed by atoms with Crippen LogP contribution in [-0.2, 0) is 14.3 Å². The Kier molecular flexibility index (Phi) is 5.83. The first-order valence-corrected chi connectivity index (χ1v) is 6.51. The van der Waals surface area contributed by atoms with Gasteiger partial charge in [-0.1, -0.05) is 17.2 Å². The number of ketones is 1. The van der Waals surface area contributed by atoms with Gasteiger partial charge in [0.25, 0.3) is 0 Å². The number of esters is 1. The standard InChI is InChI=1S/C15H22O3/c1-11-5-4-6-12(2)9-10-18-15(17)13(3)14(16)8-7-11/h5,9,13H,4,6-8,10H2,1-3H3/b11-5+,12-9+. The number of rotatable bonds is 0. The fourth-order valence-corrected chi connectivity index (χ4v) is 1.81. The summed E-state index contributed by atoms with van der Waals surface area (Å²) in [6.07, 6.45) is 7.19. The van der Waals surface area contributed by atoms with E-state index in [1.54, 1.807) is 6.92 Å². The zero-order chi connectivity index (χ0) is 13.5. The van der Waals surface area contributed by atoms with Gasteiger partial charge in [0.15, 0.2) is 0 Å². The molecule has 0 saturated heterocycles. The monoisotopic (exact) mass is 250 g/mol. The normalized spacial score (nSPS) is 29.8. The van der Waals surface area contributed by atoms with Gasteiger partial charge in [-0.15, -0.1) is 0 Å². The summed E-state index contributed by atoms with van der Waals surface area (Å²) in [6.45, 7) is 5.96. The second-order valence-corrected chi connectivity index (χ2v) is 4.96. The fourth-order valence-electron chi connectivity index (χ4n) is 1.81. The lowest BCUT2D eigenvalue weighted by atomic mass is 9.99. The Morgan fingerprint density at radius 1 is 1.06 bits per heavy atom. The summed E-state index contributed by atoms with van der Waals surface area (Å²) in [7, 11) is 0. The van der Waals surface area contributed by atoms with Crippen LogP contribution in [0, 0.1) is 5.92 Å². The first-order chi connectivity index (χ1) is 8.50. The quantitative estimate of drug-likeness (QED) is 0.377. The molecule has 18 heavy (non-hydrogen) atoms. The molecule has 0 spiro atoms. The maximum atomic E-state index is 11.8. The van der Waals surface area contributed by atoms with Gasteiger partial charge < -0.3 is 4.74 Å². The molecule has 3 heteroatoms. The highest BCUT2D eigenvalue weighted by atomic mass is 16.5. The van der Waals surface area contributed by atoms with Crippen LogP contribution in [0.5, 0.6) is 0 Å². The minimum Gasteiger partial charge on any atom is -0.461 e. The molecule has 0 aromatic carbocycles. The van der Waals surface area contributed by atoms with Crippen molar-refractivity contribution in [3.05, 3.63) is 23.3 Å². The number of Topliss-reactive ketones (excluding diaryl/α,β-unsaturated/α-hetero) is 1. The van der Waals surface area contributed by atoms with Gasteiger partial charge in [-0.25, -0.2) is 0 Å². The topological polar surface area (TPSA) is 43.4 Å². The van der Waals surface area contributed by atoms with E-state index in [9.17, 15) is 9.59 Å². The zero-order valence-electron chi connectivity index (χ0n) is 11.5. The third-order valence-corrected chi connectivity index (χ3v) is 3.29. The van der Waals surface area contributed by atoms with Crippen molar-refractivity contribution in [2.75, 3.05) is 6.61 Å². The lowest BCUT2D eigenvalue weighted by Crippen LogP contribution is -2.23. The molecule has 1 rings (SSSR count). The molecule has 0 fully saturated rings. The van der Waals surface area contributed by atoms with Crippen LogP contribution in [0.1, 0.15) is 46.5 Å². The fraction of sp³-hybridized carbons (Fsp3) is 0.600. The SMILES string of the molecule is C/C1=C\COC(=O)C(C)C(=O)CC/C(C)=C/CC1. The summed E-state index contributed by atoms with van der Waals surface area (Å²) in [6, 6.07) is 0. The molecular formula is C15H22O3. The lowest BCUT2D eigenvalue weighted by Gasteiger charge is -2.09. The Labute approximate surface area is 109 Å². The summed E-state index contributed by atoms with van der Waals surface area (Å²) in [5.74, 6) is -1.09. The molecule has 0 aromatic rings. The molecule has 1 heterocycles. The van der Waals surface area contributed by atoms with E-state index in [0.29, 0.717) is 6.42 Å². The highest BCUT2D eigenvalue weighted by Crippen LogP contribution is 2.14. The number of cyclic esters (lactones) is 1. The molecule has 3 nitrogen and oxygen atoms in total. The molecule has 0 amide bonds. The van der Waals surface area contributed by atoms with E-state index in [0.717, 1.165) is 19.3 Å². The zero-order valence-corrected chi connectivity index (χ0v) is 11.5. The van der Waals surface area contributed by atoms with Gasteiger partial charge in [0.1, 0.15) is 18.3 Å². The number of carbonyl (C=O) groups excluding carboxylic acids is 2. The summed E-state index contributed by atoms with van der Waals surface area (Å²) in [5.41, 5.74) is 2.43. The van der Waals surface area contributed by atoms with Crippen LogP contribution in [0.25, 0.3) is 0 Å². The maximum absolute atomic E-state index is 11.8. The van der Waals surface area contributed by atoms with Crippen molar-refractivity contribution in [2.24, 2.45) is 5.92 Å². The van der Waals surface area contributed by atoms with E-state index in [4.69, 9.17) is 4.74 Å². The molecule has 0 bridgehead atoms. The molecule has 0 radical (unpaired) electrons. The highest BCUT2D eigenvalue weighted by Gasteiger charge is 2.22. The smallest absolute Gasteiger partial charge is 0.316 e. The minimum absolute atomic E-state index is 0.0345. The van der Waals surface area contributed by atoms with Crippen molar-refractivity contribution in [2.45, 2.75) is 46.5 Å². The van der Waals surface area contributed by atoms with Crippen molar-refractivity contribution >= 4 is 11.8 Å². The minimum atomic E-state index is -0.646. The Morgan fingerprint density at radius 2 is 1.72 bits per heavy atom. The second-order valence-electron chi connectivity index (χ2n) is 4.96. The number of carbonyl (C=O) groups is 2. The number of hydrogen-bond acceptors (Lipinski definition) is 3. The van der Waals surface area contributed by atoms with E-state index < -0.39 is 11.9 Å². The molecule has 1 unspecified atom stereocenters. The van der Waals surface area contributed by atoms with Crippen LogP contribution in [-0.4, -0.2) is 18.4 Å². The Morgan fingerprint density at radius 3 is 2.44 bits per heavy atom. The molecule has 0 N–H and O–H groups in total. The predicted molar refractivity (Wildman–Crippen MR) is 71.1 cm³/mol. The Hall–Kier alpha value is -1.38. The summed E-state index contributed by atoms with van der Waals surface area (Å²) >= 11 is 0. The van der Waals surface area contributed by atoms with E-state index in [1.165, 1.54) is 11.1 Å². The first kappa shape index (κ1) is 14.7. The third kappa shape index (κ3) is 4.86. The van der Waals surface area contributed by atoms with E-state index >= 15 is 0 Å². The molecule has 0 aliphatic carbocycles. The first-order valence-electron chi connectivity index (χ1n) is 6.51. The van der Waals surface area contributed by atoms with Gasteiger partial charge in [0, 0.05) is 6.42 Å². The largest absolute Gasteiger partial charge is 0.461 e. The van der Waals surface area contributed by atoms with Gasteiger partial charge in [0.2, 0.25) is 0 Å². The van der Waals surface area contributed by atoms with E-state index in [-0.39, 0.29) is 12.4 Å². The Bertz CT molecular complexity index is 377. The molecule has 1 aliphatic rings. The van der Waals surface area contributed by atoms with Gasteiger partial charge in [-0.2, -0.15) is 0 Å². The Balaban J connectivity index is 2.75. The highest BCUT2D eigenvalue weighted by molar-refractivity contribution is 5.98. The molecule has 0 aromatic heterocycles. The van der Waals surface area contributed by atoms with Gasteiger partial charge in [-0.05, 0) is 46.1 Å². The second kappa shape index (κ2) is 7.14. The van der Waals surface area contributed by atoms with Crippen LogP contribution in [0.2, 0.25) is 0 Å². The van der Waals surface area contributed by atoms with Crippen LogP contribution >= 0.6 is 0 Å². The molecule has 0 saturated carbocycles. The average Bonchev–Trinajstić information content (AvgIpc) is 2.34. The predicted octanol–water partition coefficient (Wildman–Crippen LogP) is 3.20. The van der Waals surface area contributed by atoms with Gasteiger partial charge in [-0.3, -0.25) is 9.59 Å². The van der Waals surface area contributed by atoms with Gasteiger partial charge >= 0.3 is 5.97 Å². The van der Waals surface area contributed by atoms with Crippen LogP contribution in [0.15, 0.2) is 23.3 Å². The van der Waals surface area contributed by atoms with Crippen LogP contribution < -0.4 is 0 Å². The molecule has 1 aliphatic heterocycles. The number of ether oxygens (including phenoxy) is 1. The van der Waals surface area contributed by atoms with Crippen LogP contribution in [0.4, 0.5) is 0 Å².